The fraction of sp³-hybridized carbons (Fsp3) is 0.300. The fourth-order valence-electron chi connectivity index (χ4n) is 3.27. The Balaban J connectivity index is 1.52. The highest BCUT2D eigenvalue weighted by atomic mass is 32.2. The topological polar surface area (TPSA) is 57.8 Å². The minimum atomic E-state index is -0.141. The van der Waals surface area contributed by atoms with Gasteiger partial charge < -0.3 is 14.6 Å². The molecule has 4 rings (SSSR count). The highest BCUT2D eigenvalue weighted by Crippen LogP contribution is 2.30. The predicted molar refractivity (Wildman–Crippen MR) is 107 cm³/mol. The minimum absolute atomic E-state index is 0.141. The number of furan rings is 1. The lowest BCUT2D eigenvalue weighted by Gasteiger charge is -2.12. The monoisotopic (exact) mass is 367 g/mol. The van der Waals surface area contributed by atoms with E-state index in [1.54, 1.807) is 6.08 Å². The lowest BCUT2D eigenvalue weighted by Crippen LogP contribution is -2.19. The van der Waals surface area contributed by atoms with E-state index in [9.17, 15) is 4.79 Å². The van der Waals surface area contributed by atoms with Crippen LogP contribution in [0.5, 0.6) is 0 Å². The third-order valence-electron chi connectivity index (χ3n) is 4.39. The maximum atomic E-state index is 12.2. The molecule has 0 saturated carbocycles. The number of hydrogen-bond acceptors (Lipinski definition) is 5. The zero-order valence-electron chi connectivity index (χ0n) is 14.9. The molecule has 2 aliphatic heterocycles. The standard InChI is InChI=1S/C20H21N3O2S/c1-13-9-14(2)11-15(10-13)21-20-22-19(24)17(26-20)12-16-5-6-18(25-16)23-7-3-4-8-23/h5-6,9-12H,3-4,7-8H2,1-2H3,(H,21,22,24)/b17-12-. The molecule has 2 fully saturated rings. The van der Waals surface area contributed by atoms with Gasteiger partial charge in [0.05, 0.1) is 10.6 Å². The molecule has 1 N–H and O–H groups in total. The van der Waals surface area contributed by atoms with Crippen LogP contribution in [0.4, 0.5) is 11.6 Å². The number of aliphatic imine (C=N–C) groups is 1. The van der Waals surface area contributed by atoms with E-state index >= 15 is 0 Å². The van der Waals surface area contributed by atoms with Crippen LogP contribution in [0, 0.1) is 13.8 Å². The molecule has 1 aromatic heterocycles. The smallest absolute Gasteiger partial charge is 0.264 e. The van der Waals surface area contributed by atoms with Gasteiger partial charge >= 0.3 is 0 Å². The lowest BCUT2D eigenvalue weighted by atomic mass is 10.1. The normalized spacial score (nSPS) is 20.4. The average Bonchev–Trinajstić information content (AvgIpc) is 3.29. The second kappa shape index (κ2) is 7.03. The summed E-state index contributed by atoms with van der Waals surface area (Å²) in [5.74, 6) is 1.43. The van der Waals surface area contributed by atoms with Crippen molar-refractivity contribution < 1.29 is 9.21 Å². The van der Waals surface area contributed by atoms with E-state index in [-0.39, 0.29) is 5.91 Å². The first-order valence-corrected chi connectivity index (χ1v) is 9.61. The van der Waals surface area contributed by atoms with Crippen LogP contribution in [0.25, 0.3) is 6.08 Å². The van der Waals surface area contributed by atoms with Gasteiger partial charge in [-0.2, -0.15) is 0 Å². The number of amides is 1. The Morgan fingerprint density at radius 3 is 2.62 bits per heavy atom. The van der Waals surface area contributed by atoms with Crippen LogP contribution in [0.3, 0.4) is 0 Å². The maximum Gasteiger partial charge on any atom is 0.264 e. The minimum Gasteiger partial charge on any atom is -0.441 e. The summed E-state index contributed by atoms with van der Waals surface area (Å²) in [6.45, 7) is 6.14. The number of anilines is 1. The molecule has 134 valence electrons. The van der Waals surface area contributed by atoms with Crippen molar-refractivity contribution in [3.8, 4) is 0 Å². The van der Waals surface area contributed by atoms with Gasteiger partial charge in [-0.3, -0.25) is 4.79 Å². The number of nitrogens with zero attached hydrogens (tertiary/aromatic N) is 2. The summed E-state index contributed by atoms with van der Waals surface area (Å²) < 4.78 is 5.88. The second-order valence-corrected chi connectivity index (χ2v) is 7.73. The molecule has 3 heterocycles. The lowest BCUT2D eigenvalue weighted by molar-refractivity contribution is -0.115. The van der Waals surface area contributed by atoms with E-state index in [1.165, 1.54) is 24.6 Å². The highest BCUT2D eigenvalue weighted by Gasteiger charge is 2.24. The van der Waals surface area contributed by atoms with Crippen LogP contribution < -0.4 is 10.2 Å². The van der Waals surface area contributed by atoms with Crippen molar-refractivity contribution in [2.45, 2.75) is 26.7 Å². The predicted octanol–water partition coefficient (Wildman–Crippen LogP) is 4.39. The van der Waals surface area contributed by atoms with Crippen LogP contribution in [0.15, 0.2) is 44.6 Å². The van der Waals surface area contributed by atoms with Gasteiger partial charge in [0.2, 0.25) is 0 Å². The van der Waals surface area contributed by atoms with Gasteiger partial charge in [0.25, 0.3) is 5.91 Å². The number of rotatable bonds is 3. The number of aryl methyl sites for hydroxylation is 2. The molecule has 0 atom stereocenters. The van der Waals surface area contributed by atoms with Gasteiger partial charge in [0.1, 0.15) is 5.76 Å². The Morgan fingerprint density at radius 1 is 1.15 bits per heavy atom. The summed E-state index contributed by atoms with van der Waals surface area (Å²) in [4.78, 5) is 19.6. The van der Waals surface area contributed by atoms with Crippen molar-refractivity contribution in [2.24, 2.45) is 4.99 Å². The molecule has 2 aromatic rings. The van der Waals surface area contributed by atoms with Gasteiger partial charge in [-0.15, -0.1) is 0 Å². The summed E-state index contributed by atoms with van der Waals surface area (Å²) in [5, 5.41) is 3.42. The largest absolute Gasteiger partial charge is 0.441 e. The van der Waals surface area contributed by atoms with E-state index < -0.39 is 0 Å². The zero-order valence-corrected chi connectivity index (χ0v) is 15.7. The van der Waals surface area contributed by atoms with Crippen LogP contribution in [0.1, 0.15) is 29.7 Å². The zero-order chi connectivity index (χ0) is 18.1. The molecule has 0 bridgehead atoms. The summed E-state index contributed by atoms with van der Waals surface area (Å²) >= 11 is 1.34. The Hall–Kier alpha value is -2.47. The molecule has 1 amide bonds. The Morgan fingerprint density at radius 2 is 1.88 bits per heavy atom. The number of carbonyl (C=O) groups is 1. The Bertz CT molecular complexity index is 887. The van der Waals surface area contributed by atoms with E-state index in [4.69, 9.17) is 4.42 Å². The van der Waals surface area contributed by atoms with Crippen molar-refractivity contribution in [3.63, 3.8) is 0 Å². The molecule has 2 saturated heterocycles. The number of thioether (sulfide) groups is 1. The molecular formula is C20H21N3O2S. The van der Waals surface area contributed by atoms with Crippen LogP contribution >= 0.6 is 11.8 Å². The second-order valence-electron chi connectivity index (χ2n) is 6.70. The van der Waals surface area contributed by atoms with Crippen LogP contribution in [-0.4, -0.2) is 24.2 Å². The SMILES string of the molecule is Cc1cc(C)cc(N=C2NC(=O)/C(=C/c3ccc(N4CCCC4)o3)S2)c1. The number of carbonyl (C=O) groups excluding carboxylic acids is 1. The molecule has 0 aliphatic carbocycles. The average molecular weight is 367 g/mol. The fourth-order valence-corrected chi connectivity index (χ4v) is 4.09. The maximum absolute atomic E-state index is 12.2. The summed E-state index contributed by atoms with van der Waals surface area (Å²) in [7, 11) is 0. The molecule has 5 nitrogen and oxygen atoms in total. The van der Waals surface area contributed by atoms with Crippen molar-refractivity contribution in [3.05, 3.63) is 52.1 Å². The van der Waals surface area contributed by atoms with Gasteiger partial charge in [-0.05, 0) is 67.8 Å². The first-order valence-electron chi connectivity index (χ1n) is 8.79. The summed E-state index contributed by atoms with van der Waals surface area (Å²) in [5.41, 5.74) is 3.15. The quantitative estimate of drug-likeness (QED) is 0.818. The van der Waals surface area contributed by atoms with Gasteiger partial charge in [0.15, 0.2) is 11.1 Å². The van der Waals surface area contributed by atoms with Gasteiger partial charge in [-0.1, -0.05) is 6.07 Å². The third-order valence-corrected chi connectivity index (χ3v) is 5.30. The van der Waals surface area contributed by atoms with E-state index in [1.807, 2.05) is 38.1 Å². The van der Waals surface area contributed by atoms with E-state index in [0.717, 1.165) is 35.8 Å². The van der Waals surface area contributed by atoms with Gasteiger partial charge in [0, 0.05) is 25.2 Å². The van der Waals surface area contributed by atoms with Crippen LogP contribution in [-0.2, 0) is 4.79 Å². The molecule has 2 aliphatic rings. The van der Waals surface area contributed by atoms with Crippen molar-refractivity contribution in [1.82, 2.24) is 5.32 Å². The van der Waals surface area contributed by atoms with Crippen molar-refractivity contribution in [1.29, 1.82) is 0 Å². The third kappa shape index (κ3) is 3.70. The molecule has 26 heavy (non-hydrogen) atoms. The number of hydrogen-bond donors (Lipinski definition) is 1. The highest BCUT2D eigenvalue weighted by molar-refractivity contribution is 8.18. The van der Waals surface area contributed by atoms with Crippen molar-refractivity contribution >= 4 is 40.5 Å². The summed E-state index contributed by atoms with van der Waals surface area (Å²) in [6.07, 6.45) is 4.19. The number of amidine groups is 1. The van der Waals surface area contributed by atoms with Crippen LogP contribution in [0.2, 0.25) is 0 Å². The number of nitrogens with one attached hydrogen (secondary N) is 1. The molecular weight excluding hydrogens is 346 g/mol. The van der Waals surface area contributed by atoms with Crippen molar-refractivity contribution in [2.75, 3.05) is 18.0 Å². The Kier molecular flexibility index (Phi) is 4.59. The molecule has 6 heteroatoms. The first-order chi connectivity index (χ1) is 12.6. The summed E-state index contributed by atoms with van der Waals surface area (Å²) in [6, 6.07) is 9.99. The first kappa shape index (κ1) is 17.0. The molecule has 1 aromatic carbocycles. The molecule has 0 unspecified atom stereocenters. The Labute approximate surface area is 157 Å². The van der Waals surface area contributed by atoms with Gasteiger partial charge in [-0.25, -0.2) is 4.99 Å². The van der Waals surface area contributed by atoms with E-state index in [0.29, 0.717) is 15.8 Å². The number of benzene rings is 1. The van der Waals surface area contributed by atoms with E-state index in [2.05, 4.69) is 21.3 Å². The molecule has 0 spiro atoms. The molecule has 0 radical (unpaired) electrons.